The van der Waals surface area contributed by atoms with E-state index in [9.17, 15) is 9.59 Å². The minimum atomic E-state index is -0.539. The molecule has 6 nitrogen and oxygen atoms in total. The van der Waals surface area contributed by atoms with Crippen LogP contribution in [0.15, 0.2) is 24.3 Å². The quantitative estimate of drug-likeness (QED) is 0.867. The summed E-state index contributed by atoms with van der Waals surface area (Å²) >= 11 is 11.7. The van der Waals surface area contributed by atoms with E-state index in [1.54, 1.807) is 32.2 Å². The summed E-state index contributed by atoms with van der Waals surface area (Å²) in [6.07, 6.45) is 0. The van der Waals surface area contributed by atoms with Gasteiger partial charge in [-0.15, -0.1) is 0 Å². The Morgan fingerprint density at radius 2 is 1.86 bits per heavy atom. The summed E-state index contributed by atoms with van der Waals surface area (Å²) in [5.41, 5.74) is 0.712. The lowest BCUT2D eigenvalue weighted by molar-refractivity contribution is 0.0513. The van der Waals surface area contributed by atoms with Crippen LogP contribution in [0.25, 0.3) is 0 Å². The third kappa shape index (κ3) is 3.78. The zero-order valence-corrected chi connectivity index (χ0v) is 13.4. The highest BCUT2D eigenvalue weighted by atomic mass is 35.5. The molecule has 1 aromatic carbocycles. The molecular formula is C14H13Cl2N3O3. The van der Waals surface area contributed by atoms with Gasteiger partial charge in [0.15, 0.2) is 5.69 Å². The molecule has 0 bridgehead atoms. The zero-order valence-electron chi connectivity index (χ0n) is 11.9. The fraction of sp³-hybridized carbons (Fsp3) is 0.214. The molecule has 22 heavy (non-hydrogen) atoms. The van der Waals surface area contributed by atoms with Gasteiger partial charge in [0.05, 0.1) is 6.61 Å². The van der Waals surface area contributed by atoms with E-state index in [4.69, 9.17) is 27.9 Å². The van der Waals surface area contributed by atoms with E-state index in [1.807, 2.05) is 0 Å². The Morgan fingerprint density at radius 3 is 2.45 bits per heavy atom. The average molecular weight is 342 g/mol. The molecular weight excluding hydrogens is 329 g/mol. The molecule has 0 aliphatic carbocycles. The first-order valence-corrected chi connectivity index (χ1v) is 7.15. The Hall–Kier alpha value is -2.05. The molecule has 0 unspecified atom stereocenters. The van der Waals surface area contributed by atoms with E-state index >= 15 is 0 Å². The second kappa shape index (κ2) is 6.81. The monoisotopic (exact) mass is 341 g/mol. The molecule has 0 spiro atoms. The van der Waals surface area contributed by atoms with Crippen molar-refractivity contribution in [2.45, 2.75) is 6.92 Å². The van der Waals surface area contributed by atoms with Crippen molar-refractivity contribution in [2.24, 2.45) is 7.05 Å². The smallest absolute Gasteiger partial charge is 0.356 e. The Bertz CT molecular complexity index is 708. The third-order valence-electron chi connectivity index (χ3n) is 2.72. The summed E-state index contributed by atoms with van der Waals surface area (Å²) < 4.78 is 6.17. The Kier molecular flexibility index (Phi) is 5.05. The zero-order chi connectivity index (χ0) is 16.3. The molecule has 2 rings (SSSR count). The van der Waals surface area contributed by atoms with Crippen molar-refractivity contribution in [3.05, 3.63) is 45.7 Å². The van der Waals surface area contributed by atoms with Crippen LogP contribution in [0.4, 0.5) is 5.69 Å². The second-order valence-corrected chi connectivity index (χ2v) is 5.24. The van der Waals surface area contributed by atoms with Crippen molar-refractivity contribution >= 4 is 40.8 Å². The lowest BCUT2D eigenvalue weighted by Crippen LogP contribution is -2.13. The molecule has 116 valence electrons. The van der Waals surface area contributed by atoms with Crippen molar-refractivity contribution in [1.82, 2.24) is 9.78 Å². The SMILES string of the molecule is CCOC(=O)c1cc(C(=O)Nc2cc(Cl)cc(Cl)c2)nn1C. The van der Waals surface area contributed by atoms with Gasteiger partial charge in [0.1, 0.15) is 5.69 Å². The first-order valence-electron chi connectivity index (χ1n) is 6.39. The van der Waals surface area contributed by atoms with Gasteiger partial charge in [-0.1, -0.05) is 23.2 Å². The number of hydrogen-bond acceptors (Lipinski definition) is 4. The topological polar surface area (TPSA) is 73.2 Å². The summed E-state index contributed by atoms with van der Waals surface area (Å²) in [6, 6.07) is 6.03. The maximum atomic E-state index is 12.2. The van der Waals surface area contributed by atoms with Gasteiger partial charge in [-0.3, -0.25) is 9.48 Å². The first-order chi connectivity index (χ1) is 10.4. The lowest BCUT2D eigenvalue weighted by atomic mass is 10.3. The summed E-state index contributed by atoms with van der Waals surface area (Å²) in [4.78, 5) is 23.9. The predicted molar refractivity (Wildman–Crippen MR) is 83.6 cm³/mol. The van der Waals surface area contributed by atoms with E-state index < -0.39 is 11.9 Å². The highest BCUT2D eigenvalue weighted by Gasteiger charge is 2.18. The van der Waals surface area contributed by atoms with Crippen LogP contribution in [0.2, 0.25) is 10.0 Å². The minimum Gasteiger partial charge on any atom is -0.461 e. The highest BCUT2D eigenvalue weighted by Crippen LogP contribution is 2.22. The van der Waals surface area contributed by atoms with Gasteiger partial charge < -0.3 is 10.1 Å². The van der Waals surface area contributed by atoms with E-state index in [1.165, 1.54) is 10.7 Å². The summed E-state index contributed by atoms with van der Waals surface area (Å²) in [6.45, 7) is 1.94. The van der Waals surface area contributed by atoms with Crippen LogP contribution < -0.4 is 5.32 Å². The normalized spacial score (nSPS) is 10.4. The number of esters is 1. The van der Waals surface area contributed by atoms with Gasteiger partial charge >= 0.3 is 5.97 Å². The van der Waals surface area contributed by atoms with Crippen molar-refractivity contribution in [1.29, 1.82) is 0 Å². The number of halogens is 2. The Balaban J connectivity index is 2.19. The number of benzene rings is 1. The second-order valence-electron chi connectivity index (χ2n) is 4.37. The number of carbonyl (C=O) groups excluding carboxylic acids is 2. The van der Waals surface area contributed by atoms with E-state index in [0.29, 0.717) is 15.7 Å². The molecule has 0 fully saturated rings. The number of nitrogens with zero attached hydrogens (tertiary/aromatic N) is 2. The van der Waals surface area contributed by atoms with Gasteiger partial charge in [-0.25, -0.2) is 4.79 Å². The van der Waals surface area contributed by atoms with Gasteiger partial charge in [-0.05, 0) is 25.1 Å². The summed E-state index contributed by atoms with van der Waals surface area (Å²) in [7, 11) is 1.55. The number of hydrogen-bond donors (Lipinski definition) is 1. The number of amides is 1. The fourth-order valence-corrected chi connectivity index (χ4v) is 2.32. The number of aryl methyl sites for hydroxylation is 1. The molecule has 0 saturated carbocycles. The van der Waals surface area contributed by atoms with E-state index in [-0.39, 0.29) is 18.0 Å². The summed E-state index contributed by atoms with van der Waals surface area (Å²) in [5.74, 6) is -1.02. The molecule has 1 heterocycles. The number of anilines is 1. The van der Waals surface area contributed by atoms with Gasteiger partial charge in [0.25, 0.3) is 5.91 Å². The number of rotatable bonds is 4. The van der Waals surface area contributed by atoms with Gasteiger partial charge in [-0.2, -0.15) is 5.10 Å². The largest absolute Gasteiger partial charge is 0.461 e. The maximum Gasteiger partial charge on any atom is 0.356 e. The van der Waals surface area contributed by atoms with Crippen LogP contribution in [-0.2, 0) is 11.8 Å². The molecule has 8 heteroatoms. The fourth-order valence-electron chi connectivity index (χ4n) is 1.80. The summed E-state index contributed by atoms with van der Waals surface area (Å²) in [5, 5.41) is 7.41. The average Bonchev–Trinajstić information content (AvgIpc) is 2.80. The van der Waals surface area contributed by atoms with E-state index in [2.05, 4.69) is 10.4 Å². The Morgan fingerprint density at radius 1 is 1.23 bits per heavy atom. The number of nitrogens with one attached hydrogen (secondary N) is 1. The molecule has 0 saturated heterocycles. The highest BCUT2D eigenvalue weighted by molar-refractivity contribution is 6.35. The van der Waals surface area contributed by atoms with Crippen LogP contribution in [0.3, 0.4) is 0 Å². The van der Waals surface area contributed by atoms with Crippen LogP contribution >= 0.6 is 23.2 Å². The Labute approximate surface area is 137 Å². The minimum absolute atomic E-state index is 0.0849. The molecule has 1 N–H and O–H groups in total. The van der Waals surface area contributed by atoms with Gasteiger partial charge in [0.2, 0.25) is 0 Å². The molecule has 0 atom stereocenters. The van der Waals surface area contributed by atoms with Crippen molar-refractivity contribution in [2.75, 3.05) is 11.9 Å². The standard InChI is InChI=1S/C14H13Cl2N3O3/c1-3-22-14(21)12-7-11(18-19(12)2)13(20)17-10-5-8(15)4-9(16)6-10/h4-7H,3H2,1-2H3,(H,17,20). The lowest BCUT2D eigenvalue weighted by Gasteiger charge is -2.04. The number of aromatic nitrogens is 2. The third-order valence-corrected chi connectivity index (χ3v) is 3.15. The molecule has 0 aliphatic rings. The molecule has 0 aliphatic heterocycles. The maximum absolute atomic E-state index is 12.2. The number of carbonyl (C=O) groups is 2. The molecule has 2 aromatic rings. The van der Waals surface area contributed by atoms with Gasteiger partial charge in [0, 0.05) is 28.8 Å². The number of ether oxygens (including phenoxy) is 1. The predicted octanol–water partition coefficient (Wildman–Crippen LogP) is 3.16. The van der Waals surface area contributed by atoms with Crippen molar-refractivity contribution in [3.63, 3.8) is 0 Å². The van der Waals surface area contributed by atoms with Crippen LogP contribution in [0, 0.1) is 0 Å². The van der Waals surface area contributed by atoms with Crippen molar-refractivity contribution < 1.29 is 14.3 Å². The van der Waals surface area contributed by atoms with E-state index in [0.717, 1.165) is 0 Å². The van der Waals surface area contributed by atoms with Crippen LogP contribution in [0.1, 0.15) is 27.9 Å². The molecule has 1 aromatic heterocycles. The molecule has 1 amide bonds. The molecule has 0 radical (unpaired) electrons. The first kappa shape index (κ1) is 16.3. The van der Waals surface area contributed by atoms with Crippen molar-refractivity contribution in [3.8, 4) is 0 Å². The van der Waals surface area contributed by atoms with Crippen LogP contribution in [0.5, 0.6) is 0 Å². The van der Waals surface area contributed by atoms with Crippen LogP contribution in [-0.4, -0.2) is 28.3 Å².